The summed E-state index contributed by atoms with van der Waals surface area (Å²) in [5.41, 5.74) is 2.51. The molecule has 3 heterocycles. The van der Waals surface area contributed by atoms with Gasteiger partial charge < -0.3 is 0 Å². The van der Waals surface area contributed by atoms with Gasteiger partial charge in [-0.05, 0) is 80.8 Å². The number of hydrogen-bond donors (Lipinski definition) is 0. The van der Waals surface area contributed by atoms with E-state index in [9.17, 15) is 13.2 Å². The first-order chi connectivity index (χ1) is 13.2. The lowest BCUT2D eigenvalue weighted by Gasteiger charge is -2.37. The molecule has 3 rings (SSSR count). The van der Waals surface area contributed by atoms with Crippen LogP contribution in [0.4, 0.5) is 13.2 Å². The molecule has 2 aromatic rings. The molecule has 1 atom stereocenters. The number of nitrogens with zero attached hydrogens (tertiary/aromatic N) is 4. The van der Waals surface area contributed by atoms with E-state index in [2.05, 4.69) is 27.1 Å². The van der Waals surface area contributed by atoms with Crippen molar-refractivity contribution in [2.24, 2.45) is 5.92 Å². The molecule has 0 bridgehead atoms. The van der Waals surface area contributed by atoms with Gasteiger partial charge in [0.25, 0.3) is 0 Å². The van der Waals surface area contributed by atoms with Crippen molar-refractivity contribution in [3.8, 4) is 0 Å². The summed E-state index contributed by atoms with van der Waals surface area (Å²) in [5, 5.41) is 2.54. The highest BCUT2D eigenvalue weighted by Gasteiger charge is 2.32. The summed E-state index contributed by atoms with van der Waals surface area (Å²) in [5.74, 6) is 0.507. The van der Waals surface area contributed by atoms with Gasteiger partial charge in [0.2, 0.25) is 0 Å². The molecule has 1 aliphatic heterocycles. The van der Waals surface area contributed by atoms with E-state index in [0.717, 1.165) is 49.8 Å². The Labute approximate surface area is 168 Å². The van der Waals surface area contributed by atoms with Gasteiger partial charge in [0.1, 0.15) is 10.7 Å². The Balaban J connectivity index is 1.62. The van der Waals surface area contributed by atoms with Gasteiger partial charge in [-0.25, -0.2) is 9.99 Å². The van der Waals surface area contributed by atoms with Gasteiger partial charge in [0.05, 0.1) is 0 Å². The number of aryl methyl sites for hydroxylation is 2. The van der Waals surface area contributed by atoms with Crippen molar-refractivity contribution in [2.75, 3.05) is 20.1 Å². The van der Waals surface area contributed by atoms with Crippen LogP contribution in [0.15, 0.2) is 35.4 Å². The average molecular weight is 411 g/mol. The Kier molecular flexibility index (Phi) is 6.62. The molecule has 1 saturated heterocycles. The molecule has 28 heavy (non-hydrogen) atoms. The number of rotatable bonds is 5. The van der Waals surface area contributed by atoms with Gasteiger partial charge in [-0.2, -0.15) is 17.6 Å². The van der Waals surface area contributed by atoms with E-state index in [4.69, 9.17) is 0 Å². The van der Waals surface area contributed by atoms with E-state index in [1.807, 2.05) is 25.3 Å². The summed E-state index contributed by atoms with van der Waals surface area (Å²) >= 11 is 1.23. The average Bonchev–Trinajstić information content (AvgIpc) is 2.60. The molecule has 152 valence electrons. The van der Waals surface area contributed by atoms with Gasteiger partial charge in [-0.1, -0.05) is 6.07 Å². The zero-order valence-corrected chi connectivity index (χ0v) is 17.1. The lowest BCUT2D eigenvalue weighted by atomic mass is 9.92. The molecule has 1 aliphatic rings. The van der Waals surface area contributed by atoms with E-state index in [1.54, 1.807) is 6.07 Å². The maximum Gasteiger partial charge on any atom is 0.433 e. The van der Waals surface area contributed by atoms with Crippen molar-refractivity contribution >= 4 is 11.9 Å². The summed E-state index contributed by atoms with van der Waals surface area (Å²) < 4.78 is 40.5. The first-order valence-corrected chi connectivity index (χ1v) is 10.1. The molecule has 0 unspecified atom stereocenters. The number of pyridine rings is 2. The summed E-state index contributed by atoms with van der Waals surface area (Å²) in [6.45, 7) is 5.79. The lowest BCUT2D eigenvalue weighted by Crippen LogP contribution is -2.43. The number of piperidine rings is 1. The van der Waals surface area contributed by atoms with Crippen LogP contribution in [0.1, 0.15) is 35.5 Å². The fourth-order valence-electron chi connectivity index (χ4n) is 3.65. The van der Waals surface area contributed by atoms with E-state index >= 15 is 0 Å². The third-order valence-corrected chi connectivity index (χ3v) is 5.71. The van der Waals surface area contributed by atoms with E-state index in [1.165, 1.54) is 23.6 Å². The monoisotopic (exact) mass is 410 g/mol. The van der Waals surface area contributed by atoms with Gasteiger partial charge in [-0.15, -0.1) is 0 Å². The molecule has 8 heteroatoms. The predicted molar refractivity (Wildman–Crippen MR) is 105 cm³/mol. The van der Waals surface area contributed by atoms with Crippen molar-refractivity contribution in [2.45, 2.75) is 44.3 Å². The molecule has 0 amide bonds. The SMILES string of the molecule is Cc1cc(C[C@H]2CCCN(N(C)Sc3cccc(C(F)(F)F)n3)C2)cc(C)n1. The lowest BCUT2D eigenvalue weighted by molar-refractivity contribution is -0.141. The molecule has 0 aliphatic carbocycles. The van der Waals surface area contributed by atoms with Crippen molar-refractivity contribution in [3.05, 3.63) is 53.0 Å². The minimum absolute atomic E-state index is 0.347. The highest BCUT2D eigenvalue weighted by atomic mass is 32.2. The van der Waals surface area contributed by atoms with Gasteiger partial charge in [0, 0.05) is 31.5 Å². The quantitative estimate of drug-likeness (QED) is 0.653. The Bertz CT molecular complexity index is 792. The largest absolute Gasteiger partial charge is 0.433 e. The highest BCUT2D eigenvalue weighted by Crippen LogP contribution is 2.31. The van der Waals surface area contributed by atoms with Crippen molar-refractivity contribution in [3.63, 3.8) is 0 Å². The van der Waals surface area contributed by atoms with Gasteiger partial charge in [0.15, 0.2) is 0 Å². The van der Waals surface area contributed by atoms with E-state index in [-0.39, 0.29) is 0 Å². The third kappa shape index (κ3) is 5.68. The molecular weight excluding hydrogens is 385 g/mol. The second-order valence-corrected chi connectivity index (χ2v) is 8.43. The van der Waals surface area contributed by atoms with Crippen LogP contribution in [-0.4, -0.2) is 39.5 Å². The minimum Gasteiger partial charge on any atom is -0.258 e. The highest BCUT2D eigenvalue weighted by molar-refractivity contribution is 7.96. The van der Waals surface area contributed by atoms with Crippen molar-refractivity contribution < 1.29 is 13.2 Å². The topological polar surface area (TPSA) is 32.3 Å². The van der Waals surface area contributed by atoms with Crippen molar-refractivity contribution in [1.82, 2.24) is 19.4 Å². The van der Waals surface area contributed by atoms with Crippen LogP contribution in [0.25, 0.3) is 0 Å². The Morgan fingerprint density at radius 1 is 1.18 bits per heavy atom. The zero-order valence-electron chi connectivity index (χ0n) is 16.3. The summed E-state index contributed by atoms with van der Waals surface area (Å²) in [4.78, 5) is 8.18. The smallest absolute Gasteiger partial charge is 0.258 e. The summed E-state index contributed by atoms with van der Waals surface area (Å²) in [6.07, 6.45) is -1.22. The first-order valence-electron chi connectivity index (χ1n) is 9.35. The van der Waals surface area contributed by atoms with Gasteiger partial charge in [-0.3, -0.25) is 4.98 Å². The van der Waals surface area contributed by atoms with Crippen LogP contribution in [0.5, 0.6) is 0 Å². The van der Waals surface area contributed by atoms with Crippen LogP contribution in [0, 0.1) is 19.8 Å². The summed E-state index contributed by atoms with van der Waals surface area (Å²) in [7, 11) is 1.88. The Hall–Kier alpha value is -1.64. The molecule has 0 saturated carbocycles. The molecule has 0 spiro atoms. The predicted octanol–water partition coefficient (Wildman–Crippen LogP) is 4.92. The first kappa shape index (κ1) is 21.1. The molecule has 0 N–H and O–H groups in total. The maximum atomic E-state index is 12.9. The zero-order chi connectivity index (χ0) is 20.3. The van der Waals surface area contributed by atoms with Crippen LogP contribution < -0.4 is 0 Å². The maximum absolute atomic E-state index is 12.9. The number of hydrazine groups is 1. The number of alkyl halides is 3. The molecule has 0 aromatic carbocycles. The fraction of sp³-hybridized carbons (Fsp3) is 0.500. The summed E-state index contributed by atoms with van der Waals surface area (Å²) in [6, 6.07) is 8.28. The number of hydrogen-bond acceptors (Lipinski definition) is 5. The fourth-order valence-corrected chi connectivity index (χ4v) is 4.47. The van der Waals surface area contributed by atoms with Crippen LogP contribution in [0.2, 0.25) is 0 Å². The molecule has 4 nitrogen and oxygen atoms in total. The standard InChI is InChI=1S/C20H25F3N4S/c1-14-10-17(11-15(2)24-14)12-16-6-5-9-27(13-16)26(3)28-19-8-4-7-18(25-19)20(21,22)23/h4,7-8,10-11,16H,5-6,9,12-13H2,1-3H3/t16-/m1/s1. The third-order valence-electron chi connectivity index (χ3n) is 4.80. The molecule has 0 radical (unpaired) electrons. The normalized spacial score (nSPS) is 18.6. The molecular formula is C20H25F3N4S. The Morgan fingerprint density at radius 2 is 1.89 bits per heavy atom. The van der Waals surface area contributed by atoms with Crippen LogP contribution >= 0.6 is 11.9 Å². The molecule has 1 fully saturated rings. The van der Waals surface area contributed by atoms with Crippen LogP contribution in [-0.2, 0) is 12.6 Å². The van der Waals surface area contributed by atoms with E-state index in [0.29, 0.717) is 10.9 Å². The second kappa shape index (κ2) is 8.80. The second-order valence-electron chi connectivity index (χ2n) is 7.30. The van der Waals surface area contributed by atoms with E-state index < -0.39 is 11.9 Å². The minimum atomic E-state index is -4.42. The molecule has 2 aromatic heterocycles. The Morgan fingerprint density at radius 3 is 2.57 bits per heavy atom. The van der Waals surface area contributed by atoms with Crippen molar-refractivity contribution in [1.29, 1.82) is 0 Å². The van der Waals surface area contributed by atoms with Gasteiger partial charge >= 0.3 is 6.18 Å². The van der Waals surface area contributed by atoms with Crippen LogP contribution in [0.3, 0.4) is 0 Å². The number of halogens is 3. The number of aromatic nitrogens is 2.